The standard InChI is InChI=1S/C22H15ClN4O2S/c1-13-4-2-3-5-16(13)20-25-18(29-26-20)10-27-12-24-21-19(22(27)28)17(11-30-21)14-6-8-15(23)9-7-14/h2-9,11-12H,10H2,1H3. The van der Waals surface area contributed by atoms with Gasteiger partial charge in [0, 0.05) is 21.5 Å². The fraction of sp³-hybridized carbons (Fsp3) is 0.0909. The van der Waals surface area contributed by atoms with Crippen LogP contribution in [-0.2, 0) is 6.54 Å². The van der Waals surface area contributed by atoms with E-state index < -0.39 is 0 Å². The number of hydrogen-bond donors (Lipinski definition) is 0. The van der Waals surface area contributed by atoms with Gasteiger partial charge in [-0.2, -0.15) is 4.98 Å². The Labute approximate surface area is 180 Å². The SMILES string of the molecule is Cc1ccccc1-c1noc(Cn2cnc3scc(-c4ccc(Cl)cc4)c3c2=O)n1. The first-order chi connectivity index (χ1) is 14.6. The van der Waals surface area contributed by atoms with Crippen molar-refractivity contribution in [2.24, 2.45) is 0 Å². The third-order valence-electron chi connectivity index (χ3n) is 4.88. The highest BCUT2D eigenvalue weighted by atomic mass is 35.5. The Morgan fingerprint density at radius 2 is 1.90 bits per heavy atom. The topological polar surface area (TPSA) is 73.8 Å². The second kappa shape index (κ2) is 7.51. The van der Waals surface area contributed by atoms with Crippen molar-refractivity contribution in [1.82, 2.24) is 19.7 Å². The number of aryl methyl sites for hydroxylation is 1. The van der Waals surface area contributed by atoms with Crippen molar-refractivity contribution < 1.29 is 4.52 Å². The molecule has 2 aromatic carbocycles. The van der Waals surface area contributed by atoms with Crippen LogP contribution in [0.15, 0.2) is 69.6 Å². The molecule has 0 fully saturated rings. The summed E-state index contributed by atoms with van der Waals surface area (Å²) in [6.07, 6.45) is 1.52. The Hall–Kier alpha value is -3.29. The van der Waals surface area contributed by atoms with Gasteiger partial charge in [-0.05, 0) is 30.2 Å². The molecule has 8 heteroatoms. The summed E-state index contributed by atoms with van der Waals surface area (Å²) in [5, 5.41) is 7.23. The Kier molecular flexibility index (Phi) is 4.69. The average Bonchev–Trinajstić information content (AvgIpc) is 3.39. The minimum absolute atomic E-state index is 0.149. The van der Waals surface area contributed by atoms with E-state index in [1.807, 2.05) is 48.7 Å². The maximum atomic E-state index is 13.2. The minimum Gasteiger partial charge on any atom is -0.337 e. The van der Waals surface area contributed by atoms with Crippen molar-refractivity contribution in [2.45, 2.75) is 13.5 Å². The predicted octanol–water partition coefficient (Wildman–Crippen LogP) is 5.19. The van der Waals surface area contributed by atoms with E-state index in [4.69, 9.17) is 16.1 Å². The van der Waals surface area contributed by atoms with Gasteiger partial charge in [-0.1, -0.05) is 53.2 Å². The third-order valence-corrected chi connectivity index (χ3v) is 6.01. The van der Waals surface area contributed by atoms with Crippen molar-refractivity contribution in [1.29, 1.82) is 0 Å². The van der Waals surface area contributed by atoms with Gasteiger partial charge in [0.25, 0.3) is 5.56 Å². The fourth-order valence-corrected chi connectivity index (χ4v) is 4.35. The largest absolute Gasteiger partial charge is 0.337 e. The highest BCUT2D eigenvalue weighted by Crippen LogP contribution is 2.31. The zero-order valence-corrected chi connectivity index (χ0v) is 17.4. The summed E-state index contributed by atoms with van der Waals surface area (Å²) < 4.78 is 6.88. The molecule has 148 valence electrons. The minimum atomic E-state index is -0.151. The molecular formula is C22H15ClN4O2S. The van der Waals surface area contributed by atoms with Crippen molar-refractivity contribution in [3.63, 3.8) is 0 Å². The molecule has 3 heterocycles. The van der Waals surface area contributed by atoms with Crippen LogP contribution < -0.4 is 5.56 Å². The smallest absolute Gasteiger partial charge is 0.263 e. The van der Waals surface area contributed by atoms with Crippen molar-refractivity contribution in [3.8, 4) is 22.5 Å². The van der Waals surface area contributed by atoms with Gasteiger partial charge in [-0.25, -0.2) is 4.98 Å². The molecule has 0 bridgehead atoms. The highest BCUT2D eigenvalue weighted by Gasteiger charge is 2.16. The molecule has 0 aliphatic heterocycles. The predicted molar refractivity (Wildman–Crippen MR) is 118 cm³/mol. The first-order valence-electron chi connectivity index (χ1n) is 9.21. The number of fused-ring (bicyclic) bond motifs is 1. The highest BCUT2D eigenvalue weighted by molar-refractivity contribution is 7.17. The van der Waals surface area contributed by atoms with Gasteiger partial charge >= 0.3 is 0 Å². The molecule has 0 aliphatic rings. The first-order valence-corrected chi connectivity index (χ1v) is 10.5. The first kappa shape index (κ1) is 18.7. The molecule has 5 aromatic rings. The molecule has 0 N–H and O–H groups in total. The lowest BCUT2D eigenvalue weighted by atomic mass is 10.1. The molecule has 5 rings (SSSR count). The monoisotopic (exact) mass is 434 g/mol. The van der Waals surface area contributed by atoms with Crippen LogP contribution in [0.25, 0.3) is 32.7 Å². The second-order valence-electron chi connectivity index (χ2n) is 6.84. The molecular weight excluding hydrogens is 420 g/mol. The fourth-order valence-electron chi connectivity index (χ4n) is 3.32. The zero-order valence-electron chi connectivity index (χ0n) is 15.9. The molecule has 0 radical (unpaired) electrons. The summed E-state index contributed by atoms with van der Waals surface area (Å²) in [7, 11) is 0. The third kappa shape index (κ3) is 3.32. The molecule has 0 saturated heterocycles. The van der Waals surface area contributed by atoms with Gasteiger partial charge in [0.1, 0.15) is 11.4 Å². The Bertz CT molecular complexity index is 1420. The molecule has 0 amide bonds. The molecule has 6 nitrogen and oxygen atoms in total. The summed E-state index contributed by atoms with van der Waals surface area (Å²) in [6.45, 7) is 2.14. The van der Waals surface area contributed by atoms with Crippen LogP contribution in [0.1, 0.15) is 11.5 Å². The van der Waals surface area contributed by atoms with Gasteiger partial charge in [-0.3, -0.25) is 9.36 Å². The van der Waals surface area contributed by atoms with Crippen LogP contribution in [0.2, 0.25) is 5.02 Å². The summed E-state index contributed by atoms with van der Waals surface area (Å²) in [5.41, 5.74) is 3.56. The van der Waals surface area contributed by atoms with E-state index in [-0.39, 0.29) is 12.1 Å². The van der Waals surface area contributed by atoms with Gasteiger partial charge in [0.05, 0.1) is 11.7 Å². The van der Waals surface area contributed by atoms with E-state index in [2.05, 4.69) is 15.1 Å². The number of aromatic nitrogens is 4. The summed E-state index contributed by atoms with van der Waals surface area (Å²) in [5.74, 6) is 0.849. The van der Waals surface area contributed by atoms with E-state index in [0.717, 1.165) is 22.3 Å². The van der Waals surface area contributed by atoms with Crippen LogP contribution in [0, 0.1) is 6.92 Å². The summed E-state index contributed by atoms with van der Waals surface area (Å²) >= 11 is 7.43. The van der Waals surface area contributed by atoms with Crippen molar-refractivity contribution in [3.05, 3.63) is 87.1 Å². The van der Waals surface area contributed by atoms with Gasteiger partial charge in [0.15, 0.2) is 0 Å². The van der Waals surface area contributed by atoms with Gasteiger partial charge in [0.2, 0.25) is 11.7 Å². The average molecular weight is 435 g/mol. The molecule has 30 heavy (non-hydrogen) atoms. The zero-order chi connectivity index (χ0) is 20.7. The number of benzene rings is 2. The van der Waals surface area contributed by atoms with Gasteiger partial charge < -0.3 is 4.52 Å². The number of rotatable bonds is 4. The lowest BCUT2D eigenvalue weighted by Gasteiger charge is -2.04. The van der Waals surface area contributed by atoms with Crippen LogP contribution in [0.3, 0.4) is 0 Å². The van der Waals surface area contributed by atoms with Crippen LogP contribution in [0.5, 0.6) is 0 Å². The lowest BCUT2D eigenvalue weighted by Crippen LogP contribution is -2.21. The maximum absolute atomic E-state index is 13.2. The second-order valence-corrected chi connectivity index (χ2v) is 8.14. The molecule has 0 aliphatic carbocycles. The molecule has 0 saturated carbocycles. The quantitative estimate of drug-likeness (QED) is 0.389. The Balaban J connectivity index is 1.52. The molecule has 3 aromatic heterocycles. The number of halogens is 1. The number of thiophene rings is 1. The molecule has 0 atom stereocenters. The lowest BCUT2D eigenvalue weighted by molar-refractivity contribution is 0.369. The summed E-state index contributed by atoms with van der Waals surface area (Å²) in [4.78, 5) is 22.8. The van der Waals surface area contributed by atoms with E-state index in [1.165, 1.54) is 22.2 Å². The molecule has 0 spiro atoms. The molecule has 0 unspecified atom stereocenters. The van der Waals surface area contributed by atoms with Crippen molar-refractivity contribution in [2.75, 3.05) is 0 Å². The van der Waals surface area contributed by atoms with E-state index in [0.29, 0.717) is 27.0 Å². The van der Waals surface area contributed by atoms with Gasteiger partial charge in [-0.15, -0.1) is 11.3 Å². The number of hydrogen-bond acceptors (Lipinski definition) is 6. The maximum Gasteiger partial charge on any atom is 0.263 e. The van der Waals surface area contributed by atoms with Crippen LogP contribution >= 0.6 is 22.9 Å². The van der Waals surface area contributed by atoms with E-state index in [1.54, 1.807) is 12.1 Å². The summed E-state index contributed by atoms with van der Waals surface area (Å²) in [6, 6.07) is 15.2. The Morgan fingerprint density at radius 1 is 1.10 bits per heavy atom. The Morgan fingerprint density at radius 3 is 2.70 bits per heavy atom. The normalized spacial score (nSPS) is 11.3. The number of nitrogens with zero attached hydrogens (tertiary/aromatic N) is 4. The van der Waals surface area contributed by atoms with E-state index in [9.17, 15) is 4.79 Å². The van der Waals surface area contributed by atoms with Crippen LogP contribution in [0.4, 0.5) is 0 Å². The van der Waals surface area contributed by atoms with E-state index >= 15 is 0 Å². The van der Waals surface area contributed by atoms with Crippen LogP contribution in [-0.4, -0.2) is 19.7 Å². The van der Waals surface area contributed by atoms with Crippen molar-refractivity contribution >= 4 is 33.2 Å².